The molecule has 0 spiro atoms. The van der Waals surface area contributed by atoms with E-state index in [2.05, 4.69) is 0 Å². The molecule has 20 heavy (non-hydrogen) atoms. The molecular weight excluding hydrogens is 298 g/mol. The fourth-order valence-electron chi connectivity index (χ4n) is 1.58. The predicted octanol–water partition coefficient (Wildman–Crippen LogP) is 4.66. The second kappa shape index (κ2) is 6.90. The summed E-state index contributed by atoms with van der Waals surface area (Å²) >= 11 is 2.80. The molecule has 0 atom stereocenters. The molecule has 0 aliphatic heterocycles. The molecule has 0 saturated carbocycles. The SMILES string of the molecule is CSc1ccc(C(=O)CSc2ccc(F)c(F)c2)cc1. The third-order valence-electron chi connectivity index (χ3n) is 2.67. The number of hydrogen-bond acceptors (Lipinski definition) is 3. The number of rotatable bonds is 5. The van der Waals surface area contributed by atoms with Gasteiger partial charge in [-0.05, 0) is 36.6 Å². The lowest BCUT2D eigenvalue weighted by molar-refractivity contribution is 0.102. The molecule has 0 unspecified atom stereocenters. The molecule has 0 saturated heterocycles. The van der Waals surface area contributed by atoms with Crippen molar-refractivity contribution in [2.45, 2.75) is 9.79 Å². The number of ketones is 1. The van der Waals surface area contributed by atoms with Crippen molar-refractivity contribution in [2.24, 2.45) is 0 Å². The molecule has 2 aromatic carbocycles. The topological polar surface area (TPSA) is 17.1 Å². The van der Waals surface area contributed by atoms with E-state index in [4.69, 9.17) is 0 Å². The van der Waals surface area contributed by atoms with E-state index < -0.39 is 11.6 Å². The lowest BCUT2D eigenvalue weighted by Crippen LogP contribution is -2.02. The Morgan fingerprint density at radius 3 is 2.25 bits per heavy atom. The Labute approximate surface area is 124 Å². The van der Waals surface area contributed by atoms with Crippen molar-refractivity contribution in [3.05, 3.63) is 59.7 Å². The van der Waals surface area contributed by atoms with Gasteiger partial charge in [0.05, 0.1) is 5.75 Å². The van der Waals surface area contributed by atoms with Gasteiger partial charge in [0.25, 0.3) is 0 Å². The van der Waals surface area contributed by atoms with Gasteiger partial charge in [0.1, 0.15) is 0 Å². The van der Waals surface area contributed by atoms with Gasteiger partial charge in [0.2, 0.25) is 0 Å². The standard InChI is InChI=1S/C15H12F2OS2/c1-19-11-4-2-10(3-5-11)15(18)9-20-12-6-7-13(16)14(17)8-12/h2-8H,9H2,1H3. The van der Waals surface area contributed by atoms with Crippen LogP contribution in [0.5, 0.6) is 0 Å². The third-order valence-corrected chi connectivity index (χ3v) is 4.41. The number of carbonyl (C=O) groups excluding carboxylic acids is 1. The molecule has 0 N–H and O–H groups in total. The van der Waals surface area contributed by atoms with Crippen LogP contribution in [-0.2, 0) is 0 Å². The van der Waals surface area contributed by atoms with E-state index in [1.165, 1.54) is 17.8 Å². The van der Waals surface area contributed by atoms with E-state index in [0.29, 0.717) is 10.5 Å². The first-order valence-electron chi connectivity index (χ1n) is 5.85. The van der Waals surface area contributed by atoms with Crippen LogP contribution in [0.1, 0.15) is 10.4 Å². The van der Waals surface area contributed by atoms with Crippen molar-refractivity contribution in [1.82, 2.24) is 0 Å². The number of hydrogen-bond donors (Lipinski definition) is 0. The Morgan fingerprint density at radius 2 is 1.65 bits per heavy atom. The molecule has 0 aromatic heterocycles. The van der Waals surface area contributed by atoms with E-state index in [1.807, 2.05) is 18.4 Å². The lowest BCUT2D eigenvalue weighted by atomic mass is 10.1. The molecule has 5 heteroatoms. The smallest absolute Gasteiger partial charge is 0.173 e. The highest BCUT2D eigenvalue weighted by Crippen LogP contribution is 2.22. The summed E-state index contributed by atoms with van der Waals surface area (Å²) in [6.07, 6.45) is 1.97. The van der Waals surface area contributed by atoms with Crippen LogP contribution < -0.4 is 0 Å². The maximum Gasteiger partial charge on any atom is 0.173 e. The maximum absolute atomic E-state index is 13.0. The molecular formula is C15H12F2OS2. The summed E-state index contributed by atoms with van der Waals surface area (Å²) in [6, 6.07) is 11.0. The Bertz CT molecular complexity index is 612. The van der Waals surface area contributed by atoms with Crippen LogP contribution in [-0.4, -0.2) is 17.8 Å². The fourth-order valence-corrected chi connectivity index (χ4v) is 2.80. The zero-order valence-electron chi connectivity index (χ0n) is 10.7. The molecule has 0 bridgehead atoms. The first-order chi connectivity index (χ1) is 9.60. The summed E-state index contributed by atoms with van der Waals surface area (Å²) in [5, 5.41) is 0. The van der Waals surface area contributed by atoms with Crippen LogP contribution >= 0.6 is 23.5 Å². The van der Waals surface area contributed by atoms with Crippen LogP contribution in [0.25, 0.3) is 0 Å². The van der Waals surface area contributed by atoms with E-state index in [9.17, 15) is 13.6 Å². The van der Waals surface area contributed by atoms with E-state index in [-0.39, 0.29) is 11.5 Å². The van der Waals surface area contributed by atoms with Gasteiger partial charge in [0, 0.05) is 15.4 Å². The molecule has 0 heterocycles. The summed E-state index contributed by atoms with van der Waals surface area (Å²) in [5.41, 5.74) is 0.623. The first-order valence-corrected chi connectivity index (χ1v) is 8.06. The summed E-state index contributed by atoms with van der Waals surface area (Å²) < 4.78 is 25.8. The van der Waals surface area contributed by atoms with Crippen molar-refractivity contribution in [3.63, 3.8) is 0 Å². The van der Waals surface area contributed by atoms with E-state index in [0.717, 1.165) is 17.0 Å². The predicted molar refractivity (Wildman–Crippen MR) is 79.6 cm³/mol. The van der Waals surface area contributed by atoms with Crippen LogP contribution in [0.4, 0.5) is 8.78 Å². The van der Waals surface area contributed by atoms with Gasteiger partial charge in [-0.25, -0.2) is 8.78 Å². The van der Waals surface area contributed by atoms with E-state index in [1.54, 1.807) is 23.9 Å². The minimum Gasteiger partial charge on any atom is -0.293 e. The van der Waals surface area contributed by atoms with Crippen LogP contribution in [0.3, 0.4) is 0 Å². The highest BCUT2D eigenvalue weighted by molar-refractivity contribution is 8.00. The Morgan fingerprint density at radius 1 is 1.00 bits per heavy atom. The van der Waals surface area contributed by atoms with Crippen molar-refractivity contribution in [3.8, 4) is 0 Å². The van der Waals surface area contributed by atoms with Crippen LogP contribution in [0, 0.1) is 11.6 Å². The largest absolute Gasteiger partial charge is 0.293 e. The number of halogens is 2. The highest BCUT2D eigenvalue weighted by Gasteiger charge is 2.08. The fraction of sp³-hybridized carbons (Fsp3) is 0.133. The first kappa shape index (κ1) is 15.1. The van der Waals surface area contributed by atoms with Crippen LogP contribution in [0.15, 0.2) is 52.3 Å². The number of benzene rings is 2. The minimum atomic E-state index is -0.897. The van der Waals surface area contributed by atoms with Crippen molar-refractivity contribution in [1.29, 1.82) is 0 Å². The highest BCUT2D eigenvalue weighted by atomic mass is 32.2. The molecule has 0 radical (unpaired) electrons. The van der Waals surface area contributed by atoms with Gasteiger partial charge in [0.15, 0.2) is 17.4 Å². The summed E-state index contributed by atoms with van der Waals surface area (Å²) in [5.74, 6) is -1.61. The summed E-state index contributed by atoms with van der Waals surface area (Å²) in [4.78, 5) is 13.6. The lowest BCUT2D eigenvalue weighted by Gasteiger charge is -2.03. The Hall–Kier alpha value is -1.33. The van der Waals surface area contributed by atoms with Crippen molar-refractivity contribution in [2.75, 3.05) is 12.0 Å². The average Bonchev–Trinajstić information content (AvgIpc) is 2.48. The molecule has 0 aliphatic carbocycles. The second-order valence-electron chi connectivity index (χ2n) is 4.02. The number of carbonyl (C=O) groups is 1. The number of Topliss-reactive ketones (excluding diaryl/α,β-unsaturated/α-hetero) is 1. The molecule has 104 valence electrons. The zero-order valence-corrected chi connectivity index (χ0v) is 12.4. The van der Waals surface area contributed by atoms with Gasteiger partial charge in [-0.15, -0.1) is 23.5 Å². The molecule has 0 aliphatic rings. The monoisotopic (exact) mass is 310 g/mol. The number of thioether (sulfide) groups is 2. The summed E-state index contributed by atoms with van der Waals surface area (Å²) in [7, 11) is 0. The van der Waals surface area contributed by atoms with Gasteiger partial charge in [-0.2, -0.15) is 0 Å². The normalized spacial score (nSPS) is 10.6. The van der Waals surface area contributed by atoms with Crippen molar-refractivity contribution >= 4 is 29.3 Å². The van der Waals surface area contributed by atoms with Crippen LogP contribution in [0.2, 0.25) is 0 Å². The average molecular weight is 310 g/mol. The molecule has 0 fully saturated rings. The Kier molecular flexibility index (Phi) is 5.20. The van der Waals surface area contributed by atoms with E-state index >= 15 is 0 Å². The van der Waals surface area contributed by atoms with Gasteiger partial charge < -0.3 is 0 Å². The van der Waals surface area contributed by atoms with Gasteiger partial charge in [-0.3, -0.25) is 4.79 Å². The molecule has 2 rings (SSSR count). The maximum atomic E-state index is 13.0. The van der Waals surface area contributed by atoms with Gasteiger partial charge >= 0.3 is 0 Å². The molecule has 0 amide bonds. The third kappa shape index (κ3) is 3.84. The van der Waals surface area contributed by atoms with Gasteiger partial charge in [-0.1, -0.05) is 12.1 Å². The quantitative estimate of drug-likeness (QED) is 0.590. The van der Waals surface area contributed by atoms with Crippen molar-refractivity contribution < 1.29 is 13.6 Å². The second-order valence-corrected chi connectivity index (χ2v) is 5.94. The Balaban J connectivity index is 1.98. The zero-order chi connectivity index (χ0) is 14.5. The minimum absolute atomic E-state index is 0.0348. The molecule has 1 nitrogen and oxygen atoms in total. The molecule has 2 aromatic rings. The summed E-state index contributed by atoms with van der Waals surface area (Å²) in [6.45, 7) is 0.